The Kier molecular flexibility index (Phi) is 3.81. The van der Waals surface area contributed by atoms with Gasteiger partial charge in [-0.05, 0) is 0 Å². The fourth-order valence-electron chi connectivity index (χ4n) is 2.06. The van der Waals surface area contributed by atoms with Gasteiger partial charge in [-0.25, -0.2) is 0 Å². The van der Waals surface area contributed by atoms with Crippen LogP contribution < -0.4 is 24.4 Å². The highest BCUT2D eigenvalue weighted by Crippen LogP contribution is 2.41. The average molecular weight is 252 g/mol. The summed E-state index contributed by atoms with van der Waals surface area (Å²) in [5.41, 5.74) is 0.965. The molecule has 0 spiro atoms. The molecule has 1 aromatic carbocycles. The highest BCUT2D eigenvalue weighted by atomic mass is 16.5. The molecular formula is C13H20N2O3. The minimum atomic E-state index is 0.473. The van der Waals surface area contributed by atoms with Crippen LogP contribution in [0, 0.1) is 0 Å². The maximum absolute atomic E-state index is 5.45. The topological polar surface area (TPSA) is 43.0 Å². The number of benzene rings is 1. The molecule has 0 amide bonds. The van der Waals surface area contributed by atoms with Crippen LogP contribution in [0.1, 0.15) is 0 Å². The van der Waals surface area contributed by atoms with E-state index in [1.807, 2.05) is 12.1 Å². The van der Waals surface area contributed by atoms with Crippen molar-refractivity contribution in [2.45, 2.75) is 6.04 Å². The Hall–Kier alpha value is -1.62. The SMILES string of the molecule is COc1cc(OC)c(N(C)C2CNC2)c(OC)c1. The number of likely N-dealkylation sites (N-methyl/N-ethyl adjacent to an activating group) is 1. The second kappa shape index (κ2) is 5.35. The number of methoxy groups -OCH3 is 3. The highest BCUT2D eigenvalue weighted by molar-refractivity contribution is 5.70. The van der Waals surface area contributed by atoms with E-state index in [9.17, 15) is 0 Å². The number of nitrogens with one attached hydrogen (secondary N) is 1. The van der Waals surface area contributed by atoms with Gasteiger partial charge >= 0.3 is 0 Å². The highest BCUT2D eigenvalue weighted by Gasteiger charge is 2.27. The molecule has 1 heterocycles. The molecule has 0 radical (unpaired) electrons. The maximum Gasteiger partial charge on any atom is 0.149 e. The van der Waals surface area contributed by atoms with Crippen molar-refractivity contribution >= 4 is 5.69 Å². The Morgan fingerprint density at radius 2 is 1.61 bits per heavy atom. The van der Waals surface area contributed by atoms with Gasteiger partial charge in [0.15, 0.2) is 0 Å². The van der Waals surface area contributed by atoms with Crippen molar-refractivity contribution < 1.29 is 14.2 Å². The van der Waals surface area contributed by atoms with E-state index < -0.39 is 0 Å². The van der Waals surface area contributed by atoms with Gasteiger partial charge in [0.1, 0.15) is 22.9 Å². The molecular weight excluding hydrogens is 232 g/mol. The lowest BCUT2D eigenvalue weighted by molar-refractivity contribution is 0.367. The average Bonchev–Trinajstić information content (AvgIpc) is 2.34. The smallest absolute Gasteiger partial charge is 0.149 e. The van der Waals surface area contributed by atoms with Crippen LogP contribution in [0.4, 0.5) is 5.69 Å². The molecule has 1 N–H and O–H groups in total. The largest absolute Gasteiger partial charge is 0.496 e. The summed E-state index contributed by atoms with van der Waals surface area (Å²) in [5, 5.41) is 3.26. The van der Waals surface area contributed by atoms with Crippen LogP contribution in [0.15, 0.2) is 12.1 Å². The molecule has 18 heavy (non-hydrogen) atoms. The minimum absolute atomic E-state index is 0.473. The lowest BCUT2D eigenvalue weighted by atomic mass is 10.1. The molecule has 1 aliphatic heterocycles. The van der Waals surface area contributed by atoms with Gasteiger partial charge in [-0.3, -0.25) is 0 Å². The van der Waals surface area contributed by atoms with Crippen LogP contribution in [-0.2, 0) is 0 Å². The minimum Gasteiger partial charge on any atom is -0.496 e. The van der Waals surface area contributed by atoms with Crippen molar-refractivity contribution in [3.8, 4) is 17.2 Å². The molecule has 0 unspecified atom stereocenters. The molecule has 100 valence electrons. The number of anilines is 1. The van der Waals surface area contributed by atoms with E-state index in [2.05, 4.69) is 17.3 Å². The van der Waals surface area contributed by atoms with E-state index in [-0.39, 0.29) is 0 Å². The fraction of sp³-hybridized carbons (Fsp3) is 0.538. The quantitative estimate of drug-likeness (QED) is 0.850. The zero-order valence-corrected chi connectivity index (χ0v) is 11.3. The molecule has 0 aromatic heterocycles. The molecule has 5 heteroatoms. The van der Waals surface area contributed by atoms with Crippen LogP contribution in [0.2, 0.25) is 0 Å². The number of rotatable bonds is 5. The van der Waals surface area contributed by atoms with Crippen molar-refractivity contribution in [1.82, 2.24) is 5.32 Å². The molecule has 0 atom stereocenters. The lowest BCUT2D eigenvalue weighted by Gasteiger charge is -2.38. The van der Waals surface area contributed by atoms with Gasteiger partial charge in [-0.1, -0.05) is 0 Å². The number of nitrogens with zero attached hydrogens (tertiary/aromatic N) is 1. The molecule has 1 aromatic rings. The van der Waals surface area contributed by atoms with E-state index in [4.69, 9.17) is 14.2 Å². The summed E-state index contributed by atoms with van der Waals surface area (Å²) in [6.07, 6.45) is 0. The number of hydrogen-bond donors (Lipinski definition) is 1. The summed E-state index contributed by atoms with van der Waals surface area (Å²) in [5.74, 6) is 2.26. The van der Waals surface area contributed by atoms with Crippen molar-refractivity contribution in [3.05, 3.63) is 12.1 Å². The second-order valence-electron chi connectivity index (χ2n) is 4.30. The Labute approximate surface area is 108 Å². The van der Waals surface area contributed by atoms with E-state index in [1.54, 1.807) is 21.3 Å². The first-order valence-corrected chi connectivity index (χ1v) is 5.94. The van der Waals surface area contributed by atoms with Crippen LogP contribution >= 0.6 is 0 Å². The standard InChI is InChI=1S/C13H20N2O3/c1-15(9-7-14-8-9)13-11(17-3)5-10(16-2)6-12(13)18-4/h5-6,9,14H,7-8H2,1-4H3. The number of hydrogen-bond acceptors (Lipinski definition) is 5. The maximum atomic E-state index is 5.45. The van der Waals surface area contributed by atoms with Crippen molar-refractivity contribution in [2.24, 2.45) is 0 Å². The summed E-state index contributed by atoms with van der Waals surface area (Å²) < 4.78 is 16.1. The Balaban J connectivity index is 2.41. The van der Waals surface area contributed by atoms with Crippen molar-refractivity contribution in [3.63, 3.8) is 0 Å². The van der Waals surface area contributed by atoms with Crippen LogP contribution in [-0.4, -0.2) is 47.5 Å². The first-order valence-electron chi connectivity index (χ1n) is 5.94. The van der Waals surface area contributed by atoms with Crippen molar-refractivity contribution in [1.29, 1.82) is 0 Å². The van der Waals surface area contributed by atoms with E-state index in [1.165, 1.54) is 0 Å². The number of ether oxygens (including phenoxy) is 3. The Morgan fingerprint density at radius 3 is 1.94 bits per heavy atom. The first kappa shape index (κ1) is 12.8. The van der Waals surface area contributed by atoms with Crippen LogP contribution in [0.25, 0.3) is 0 Å². The summed E-state index contributed by atoms with van der Waals surface area (Å²) in [6.45, 7) is 1.96. The summed E-state index contributed by atoms with van der Waals surface area (Å²) >= 11 is 0. The van der Waals surface area contributed by atoms with Gasteiger partial charge in [0.25, 0.3) is 0 Å². The zero-order chi connectivity index (χ0) is 13.1. The Bertz CT molecular complexity index is 394. The lowest BCUT2D eigenvalue weighted by Crippen LogP contribution is -2.56. The van der Waals surface area contributed by atoms with E-state index in [0.717, 1.165) is 36.0 Å². The van der Waals surface area contributed by atoms with Gasteiger partial charge in [0.2, 0.25) is 0 Å². The normalized spacial score (nSPS) is 14.9. The predicted molar refractivity (Wildman–Crippen MR) is 71.2 cm³/mol. The third-order valence-corrected chi connectivity index (χ3v) is 3.35. The fourth-order valence-corrected chi connectivity index (χ4v) is 2.06. The molecule has 5 nitrogen and oxygen atoms in total. The summed E-state index contributed by atoms with van der Waals surface area (Å²) in [4.78, 5) is 2.19. The van der Waals surface area contributed by atoms with E-state index >= 15 is 0 Å². The molecule has 1 fully saturated rings. The third kappa shape index (κ3) is 2.18. The van der Waals surface area contributed by atoms with Crippen LogP contribution in [0.3, 0.4) is 0 Å². The van der Waals surface area contributed by atoms with Gasteiger partial charge in [0, 0.05) is 32.3 Å². The predicted octanol–water partition coefficient (Wildman–Crippen LogP) is 1.12. The first-order chi connectivity index (χ1) is 8.71. The summed E-state index contributed by atoms with van der Waals surface area (Å²) in [7, 11) is 7.00. The van der Waals surface area contributed by atoms with E-state index in [0.29, 0.717) is 6.04 Å². The zero-order valence-electron chi connectivity index (χ0n) is 11.3. The van der Waals surface area contributed by atoms with Crippen molar-refractivity contribution in [2.75, 3.05) is 46.4 Å². The van der Waals surface area contributed by atoms with Gasteiger partial charge in [-0.2, -0.15) is 0 Å². The second-order valence-corrected chi connectivity index (χ2v) is 4.30. The molecule has 1 saturated heterocycles. The van der Waals surface area contributed by atoms with Crippen LogP contribution in [0.5, 0.6) is 17.2 Å². The van der Waals surface area contributed by atoms with Gasteiger partial charge in [-0.15, -0.1) is 0 Å². The monoisotopic (exact) mass is 252 g/mol. The molecule has 0 bridgehead atoms. The van der Waals surface area contributed by atoms with Gasteiger partial charge in [0.05, 0.1) is 27.4 Å². The third-order valence-electron chi connectivity index (χ3n) is 3.35. The molecule has 0 aliphatic carbocycles. The Morgan fingerprint density at radius 1 is 1.06 bits per heavy atom. The summed E-state index contributed by atoms with van der Waals surface area (Å²) in [6, 6.07) is 4.22. The molecule has 1 aliphatic rings. The molecule has 2 rings (SSSR count). The molecule has 0 saturated carbocycles. The van der Waals surface area contributed by atoms with Gasteiger partial charge < -0.3 is 24.4 Å².